The Morgan fingerprint density at radius 2 is 1.32 bits per heavy atom. The van der Waals surface area contributed by atoms with Crippen molar-refractivity contribution in [2.45, 2.75) is 97.3 Å². The van der Waals surface area contributed by atoms with E-state index in [9.17, 15) is 8.78 Å². The molecule has 220 valence electrons. The van der Waals surface area contributed by atoms with Crippen LogP contribution in [0.4, 0.5) is 13.2 Å². The summed E-state index contributed by atoms with van der Waals surface area (Å²) in [6.07, 6.45) is 17.3. The lowest BCUT2D eigenvalue weighted by Gasteiger charge is -2.22. The molecule has 4 heteroatoms. The number of hydrogen-bond donors (Lipinski definition) is 0. The van der Waals surface area contributed by atoms with E-state index < -0.39 is 11.6 Å². The van der Waals surface area contributed by atoms with Gasteiger partial charge < -0.3 is 4.74 Å². The molecule has 1 unspecified atom stereocenters. The highest BCUT2D eigenvalue weighted by Gasteiger charge is 2.18. The van der Waals surface area contributed by atoms with Gasteiger partial charge in [0.1, 0.15) is 5.82 Å². The Kier molecular flexibility index (Phi) is 12.0. The van der Waals surface area contributed by atoms with E-state index in [2.05, 4.69) is 19.9 Å². The first-order valence-corrected chi connectivity index (χ1v) is 15.7. The monoisotopic (exact) mass is 562 g/mol. The molecule has 0 N–H and O–H groups in total. The van der Waals surface area contributed by atoms with Crippen molar-refractivity contribution < 1.29 is 17.9 Å². The van der Waals surface area contributed by atoms with Gasteiger partial charge in [-0.1, -0.05) is 114 Å². The summed E-state index contributed by atoms with van der Waals surface area (Å²) in [4.78, 5) is 0. The molecule has 1 aliphatic rings. The third-order valence-corrected chi connectivity index (χ3v) is 8.38. The molecule has 0 fully saturated rings. The van der Waals surface area contributed by atoms with E-state index in [-0.39, 0.29) is 17.1 Å². The zero-order chi connectivity index (χ0) is 29.0. The molecule has 0 radical (unpaired) electrons. The molecule has 0 aliphatic heterocycles. The van der Waals surface area contributed by atoms with Crippen LogP contribution in [0.15, 0.2) is 60.7 Å². The Morgan fingerprint density at radius 1 is 0.683 bits per heavy atom. The van der Waals surface area contributed by atoms with Crippen molar-refractivity contribution in [2.75, 3.05) is 6.61 Å². The molecular weight excluding hydrogens is 517 g/mol. The lowest BCUT2D eigenvalue weighted by molar-refractivity contribution is 0.285. The summed E-state index contributed by atoms with van der Waals surface area (Å²) in [5.41, 5.74) is 4.07. The van der Waals surface area contributed by atoms with Gasteiger partial charge in [0.2, 0.25) is 5.82 Å². The van der Waals surface area contributed by atoms with Gasteiger partial charge in [-0.15, -0.1) is 0 Å². The molecule has 1 aliphatic carbocycles. The van der Waals surface area contributed by atoms with Gasteiger partial charge in [0.25, 0.3) is 0 Å². The Hall–Kier alpha value is -3.01. The molecule has 41 heavy (non-hydrogen) atoms. The second-order valence-electron chi connectivity index (χ2n) is 11.5. The second kappa shape index (κ2) is 15.8. The lowest BCUT2D eigenvalue weighted by atomic mass is 9.83. The summed E-state index contributed by atoms with van der Waals surface area (Å²) in [7, 11) is 0. The fourth-order valence-electron chi connectivity index (χ4n) is 5.80. The topological polar surface area (TPSA) is 9.23 Å². The Balaban J connectivity index is 1.37. The van der Waals surface area contributed by atoms with Crippen molar-refractivity contribution in [1.82, 2.24) is 0 Å². The highest BCUT2D eigenvalue weighted by Crippen LogP contribution is 2.36. The summed E-state index contributed by atoms with van der Waals surface area (Å²) >= 11 is 0. The van der Waals surface area contributed by atoms with E-state index in [1.54, 1.807) is 36.4 Å². The first kappa shape index (κ1) is 30.9. The maximum absolute atomic E-state index is 15.2. The van der Waals surface area contributed by atoms with Crippen molar-refractivity contribution in [3.05, 3.63) is 83.7 Å². The minimum atomic E-state index is -0.969. The number of rotatable bonds is 15. The molecule has 3 aromatic carbocycles. The molecule has 0 amide bonds. The quantitative estimate of drug-likeness (QED) is 0.167. The zero-order valence-electron chi connectivity index (χ0n) is 24.8. The molecule has 0 heterocycles. The third-order valence-electron chi connectivity index (χ3n) is 8.38. The van der Waals surface area contributed by atoms with E-state index in [1.165, 1.54) is 63.0 Å². The van der Waals surface area contributed by atoms with Crippen molar-refractivity contribution in [3.63, 3.8) is 0 Å². The van der Waals surface area contributed by atoms with Crippen LogP contribution in [0, 0.1) is 23.4 Å². The van der Waals surface area contributed by atoms with Crippen molar-refractivity contribution in [3.8, 4) is 28.0 Å². The molecule has 0 saturated carbocycles. The largest absolute Gasteiger partial charge is 0.490 e. The number of unbranched alkanes of at least 4 members (excludes halogenated alkanes) is 7. The fourth-order valence-corrected chi connectivity index (χ4v) is 5.80. The molecule has 0 spiro atoms. The number of ether oxygens (including phenoxy) is 1. The van der Waals surface area contributed by atoms with Gasteiger partial charge in [0.15, 0.2) is 11.6 Å². The first-order valence-electron chi connectivity index (χ1n) is 15.7. The van der Waals surface area contributed by atoms with Crippen LogP contribution >= 0.6 is 0 Å². The molecule has 0 aromatic heterocycles. The molecule has 1 atom stereocenters. The Bertz CT molecular complexity index is 1280. The zero-order valence-corrected chi connectivity index (χ0v) is 24.8. The number of benzene rings is 3. The molecule has 3 aromatic rings. The molecule has 0 saturated heterocycles. The first-order chi connectivity index (χ1) is 20.0. The van der Waals surface area contributed by atoms with Crippen LogP contribution in [0.3, 0.4) is 0 Å². The number of halogens is 3. The van der Waals surface area contributed by atoms with Gasteiger partial charge in [-0.25, -0.2) is 8.78 Å². The number of allylic oxidation sites excluding steroid dienone is 2. The van der Waals surface area contributed by atoms with Crippen LogP contribution in [0.2, 0.25) is 0 Å². The van der Waals surface area contributed by atoms with Crippen molar-refractivity contribution >= 4 is 5.57 Å². The molecular formula is C37H45F3O. The van der Waals surface area contributed by atoms with Gasteiger partial charge in [-0.2, -0.15) is 4.39 Å². The predicted octanol–water partition coefficient (Wildman–Crippen LogP) is 11.9. The standard InChI is InChI=1S/C37H45F3O/c1-3-5-7-8-9-11-25-41-35-24-23-33(36(39)37(35)40)30-19-17-29(18-20-30)32-22-21-31(26-34(32)38)28-15-13-27(14-16-28)12-10-6-4-2/h15,17-24,26-27H,3-14,16,25H2,1-2H3. The van der Waals surface area contributed by atoms with E-state index >= 15 is 4.39 Å². The van der Waals surface area contributed by atoms with Gasteiger partial charge in [-0.3, -0.25) is 0 Å². The van der Waals surface area contributed by atoms with Crippen LogP contribution in [0.25, 0.3) is 27.8 Å². The van der Waals surface area contributed by atoms with Gasteiger partial charge in [0.05, 0.1) is 6.61 Å². The summed E-state index contributed by atoms with van der Waals surface area (Å²) < 4.78 is 50.4. The van der Waals surface area contributed by atoms with Crippen molar-refractivity contribution in [2.24, 2.45) is 5.92 Å². The number of hydrogen-bond acceptors (Lipinski definition) is 1. The average molecular weight is 563 g/mol. The van der Waals surface area contributed by atoms with E-state index in [0.29, 0.717) is 23.3 Å². The van der Waals surface area contributed by atoms with E-state index in [0.717, 1.165) is 43.6 Å². The van der Waals surface area contributed by atoms with Crippen LogP contribution in [0.1, 0.15) is 103 Å². The maximum atomic E-state index is 15.2. The van der Waals surface area contributed by atoms with Crippen LogP contribution in [-0.2, 0) is 0 Å². The normalized spacial score (nSPS) is 15.1. The highest BCUT2D eigenvalue weighted by molar-refractivity contribution is 5.74. The van der Waals surface area contributed by atoms with Crippen LogP contribution < -0.4 is 4.74 Å². The minimum absolute atomic E-state index is 0.0568. The maximum Gasteiger partial charge on any atom is 0.201 e. The SMILES string of the molecule is CCCCCCCCOc1ccc(-c2ccc(-c3ccc(C4=CCC(CCCCC)CC4)cc3F)cc2)c(F)c1F. The smallest absolute Gasteiger partial charge is 0.201 e. The van der Waals surface area contributed by atoms with Crippen LogP contribution in [0.5, 0.6) is 5.75 Å². The molecule has 4 rings (SSSR count). The van der Waals surface area contributed by atoms with Crippen LogP contribution in [-0.4, -0.2) is 6.61 Å². The summed E-state index contributed by atoms with van der Waals surface area (Å²) in [6, 6.07) is 15.4. The fraction of sp³-hybridized carbons (Fsp3) is 0.459. The molecule has 1 nitrogen and oxygen atoms in total. The van der Waals surface area contributed by atoms with Crippen molar-refractivity contribution in [1.29, 1.82) is 0 Å². The third kappa shape index (κ3) is 8.50. The van der Waals surface area contributed by atoms with Gasteiger partial charge >= 0.3 is 0 Å². The van der Waals surface area contributed by atoms with Gasteiger partial charge in [-0.05, 0) is 72.1 Å². The summed E-state index contributed by atoms with van der Waals surface area (Å²) in [6.45, 7) is 4.78. The van der Waals surface area contributed by atoms with Gasteiger partial charge in [0, 0.05) is 11.1 Å². The van der Waals surface area contributed by atoms with E-state index in [1.807, 2.05) is 12.1 Å². The Morgan fingerprint density at radius 3 is 2.00 bits per heavy atom. The summed E-state index contributed by atoms with van der Waals surface area (Å²) in [5.74, 6) is -1.48. The van der Waals surface area contributed by atoms with E-state index in [4.69, 9.17) is 4.74 Å². The minimum Gasteiger partial charge on any atom is -0.490 e. The average Bonchev–Trinajstić information content (AvgIpc) is 2.99. The lowest BCUT2D eigenvalue weighted by Crippen LogP contribution is -2.05. The molecule has 0 bridgehead atoms. The summed E-state index contributed by atoms with van der Waals surface area (Å²) in [5, 5.41) is 0. The Labute approximate surface area is 244 Å². The highest BCUT2D eigenvalue weighted by atomic mass is 19.2. The second-order valence-corrected chi connectivity index (χ2v) is 11.5. The predicted molar refractivity (Wildman–Crippen MR) is 166 cm³/mol.